The number of ether oxygens (including phenoxy) is 1. The predicted octanol–water partition coefficient (Wildman–Crippen LogP) is 3.56. The number of anilines is 1. The number of nitrogens with zero attached hydrogens (tertiary/aromatic N) is 1. The van der Waals surface area contributed by atoms with E-state index >= 15 is 0 Å². The van der Waals surface area contributed by atoms with Gasteiger partial charge >= 0.3 is 6.09 Å². The summed E-state index contributed by atoms with van der Waals surface area (Å²) < 4.78 is 11.3. The van der Waals surface area contributed by atoms with Gasteiger partial charge in [0.1, 0.15) is 17.8 Å². The summed E-state index contributed by atoms with van der Waals surface area (Å²) in [6, 6.07) is 10.8. The third-order valence-electron chi connectivity index (χ3n) is 5.01. The molecule has 0 fully saturated rings. The average molecular weight is 397 g/mol. The fraction of sp³-hybridized carbons (Fsp3) is 0.364. The van der Waals surface area contributed by atoms with Crippen LogP contribution in [0, 0.1) is 0 Å². The maximum Gasteiger partial charge on any atom is 0.407 e. The van der Waals surface area contributed by atoms with Crippen molar-refractivity contribution in [2.24, 2.45) is 0 Å². The molecule has 1 aromatic heterocycles. The van der Waals surface area contributed by atoms with Crippen molar-refractivity contribution >= 4 is 33.7 Å². The molecule has 7 heteroatoms. The van der Waals surface area contributed by atoms with Crippen LogP contribution in [0.15, 0.2) is 45.6 Å². The second-order valence-corrected chi connectivity index (χ2v) is 6.68. The normalized spacial score (nSPS) is 11.2. The van der Waals surface area contributed by atoms with E-state index in [4.69, 9.17) is 9.15 Å². The van der Waals surface area contributed by atoms with Gasteiger partial charge in [0, 0.05) is 31.4 Å². The van der Waals surface area contributed by atoms with Crippen LogP contribution in [-0.4, -0.2) is 44.2 Å². The molecule has 29 heavy (non-hydrogen) atoms. The quantitative estimate of drug-likeness (QED) is 0.566. The maximum atomic E-state index is 13.2. The lowest BCUT2D eigenvalue weighted by Gasteiger charge is -2.19. The number of rotatable bonds is 8. The second kappa shape index (κ2) is 9.43. The minimum absolute atomic E-state index is 0.0111. The number of fused-ring (bicyclic) bond motifs is 2. The summed E-state index contributed by atoms with van der Waals surface area (Å²) in [6.45, 7) is 7.79. The summed E-state index contributed by atoms with van der Waals surface area (Å²) in [5.74, 6) is 0. The van der Waals surface area contributed by atoms with Crippen LogP contribution in [0.25, 0.3) is 21.9 Å². The number of para-hydroxylation sites is 1. The highest BCUT2D eigenvalue weighted by Crippen LogP contribution is 2.28. The number of carbonyl (C=O) groups excluding carboxylic acids is 1. The summed E-state index contributed by atoms with van der Waals surface area (Å²) in [7, 11) is 1.50. The van der Waals surface area contributed by atoms with Crippen LogP contribution < -0.4 is 16.1 Å². The van der Waals surface area contributed by atoms with Crippen LogP contribution in [-0.2, 0) is 11.3 Å². The van der Waals surface area contributed by atoms with E-state index in [1.807, 2.05) is 24.3 Å². The van der Waals surface area contributed by atoms with Crippen LogP contribution in [0.5, 0.6) is 0 Å². The summed E-state index contributed by atoms with van der Waals surface area (Å²) in [4.78, 5) is 27.0. The Hall–Kier alpha value is -3.06. The lowest BCUT2D eigenvalue weighted by molar-refractivity contribution is 0.142. The van der Waals surface area contributed by atoms with Crippen LogP contribution in [0.4, 0.5) is 10.5 Å². The molecule has 154 valence electrons. The van der Waals surface area contributed by atoms with E-state index in [9.17, 15) is 9.59 Å². The van der Waals surface area contributed by atoms with Gasteiger partial charge in [0.05, 0.1) is 10.8 Å². The number of carbonyl (C=O) groups is 1. The van der Waals surface area contributed by atoms with E-state index in [1.54, 1.807) is 12.1 Å². The molecule has 0 aliphatic rings. The van der Waals surface area contributed by atoms with Crippen LogP contribution >= 0.6 is 0 Å². The first-order chi connectivity index (χ1) is 14.1. The fourth-order valence-electron chi connectivity index (χ4n) is 3.32. The molecule has 1 amide bonds. The first kappa shape index (κ1) is 20.7. The Balaban J connectivity index is 2.04. The minimum Gasteiger partial charge on any atom is -0.455 e. The lowest BCUT2D eigenvalue weighted by Crippen LogP contribution is -2.28. The largest absolute Gasteiger partial charge is 0.455 e. The van der Waals surface area contributed by atoms with Gasteiger partial charge < -0.3 is 24.7 Å². The molecule has 0 radical (unpaired) electrons. The average Bonchev–Trinajstić information content (AvgIpc) is 2.75. The number of nitrogens with one attached hydrogen (secondary N) is 2. The van der Waals surface area contributed by atoms with Gasteiger partial charge in [-0.15, -0.1) is 0 Å². The van der Waals surface area contributed by atoms with Gasteiger partial charge in [0.15, 0.2) is 0 Å². The van der Waals surface area contributed by atoms with Gasteiger partial charge in [0.2, 0.25) is 5.43 Å². The monoisotopic (exact) mass is 397 g/mol. The van der Waals surface area contributed by atoms with Crippen LogP contribution in [0.1, 0.15) is 19.4 Å². The molecular formula is C22H27N3O4. The summed E-state index contributed by atoms with van der Waals surface area (Å²) >= 11 is 0. The highest BCUT2D eigenvalue weighted by Gasteiger charge is 2.16. The molecule has 3 aromatic rings. The van der Waals surface area contributed by atoms with Crippen molar-refractivity contribution in [1.29, 1.82) is 0 Å². The number of hydrogen-bond acceptors (Lipinski definition) is 6. The highest BCUT2D eigenvalue weighted by molar-refractivity contribution is 5.98. The first-order valence-electron chi connectivity index (χ1n) is 9.87. The fourth-order valence-corrected chi connectivity index (χ4v) is 3.32. The number of hydrogen-bond donors (Lipinski definition) is 2. The predicted molar refractivity (Wildman–Crippen MR) is 116 cm³/mol. The van der Waals surface area contributed by atoms with Gasteiger partial charge in [-0.25, -0.2) is 4.79 Å². The number of benzene rings is 2. The topological polar surface area (TPSA) is 83.8 Å². The summed E-state index contributed by atoms with van der Waals surface area (Å²) in [5.41, 5.74) is 2.20. The molecule has 0 bridgehead atoms. The third kappa shape index (κ3) is 4.51. The molecule has 2 aromatic carbocycles. The molecule has 7 nitrogen and oxygen atoms in total. The number of likely N-dealkylation sites (N-methyl/N-ethyl adjacent to an activating group) is 1. The van der Waals surface area contributed by atoms with Crippen molar-refractivity contribution in [3.8, 4) is 0 Å². The Bertz CT molecular complexity index is 1060. The molecule has 0 atom stereocenters. The Morgan fingerprint density at radius 1 is 1.14 bits per heavy atom. The van der Waals surface area contributed by atoms with E-state index in [2.05, 4.69) is 29.4 Å². The van der Waals surface area contributed by atoms with E-state index < -0.39 is 6.09 Å². The summed E-state index contributed by atoms with van der Waals surface area (Å²) in [6.07, 6.45) is -0.539. The van der Waals surface area contributed by atoms with Crippen LogP contribution in [0.2, 0.25) is 0 Å². The van der Waals surface area contributed by atoms with Crippen molar-refractivity contribution in [2.75, 3.05) is 38.5 Å². The van der Waals surface area contributed by atoms with Crippen molar-refractivity contribution in [3.63, 3.8) is 0 Å². The lowest BCUT2D eigenvalue weighted by atomic mass is 10.1. The molecule has 0 saturated carbocycles. The second-order valence-electron chi connectivity index (χ2n) is 6.68. The molecule has 3 rings (SSSR count). The third-order valence-corrected chi connectivity index (χ3v) is 5.01. The molecule has 1 heterocycles. The van der Waals surface area contributed by atoms with Crippen molar-refractivity contribution in [3.05, 3.63) is 52.2 Å². The van der Waals surface area contributed by atoms with E-state index in [-0.39, 0.29) is 12.0 Å². The molecule has 0 spiro atoms. The first-order valence-corrected chi connectivity index (χ1v) is 9.87. The molecule has 0 aliphatic heterocycles. The van der Waals surface area contributed by atoms with Crippen molar-refractivity contribution in [1.82, 2.24) is 10.2 Å². The smallest absolute Gasteiger partial charge is 0.407 e. The Morgan fingerprint density at radius 2 is 1.90 bits per heavy atom. The van der Waals surface area contributed by atoms with Crippen molar-refractivity contribution < 1.29 is 13.9 Å². The highest BCUT2D eigenvalue weighted by atomic mass is 16.5. The molecule has 0 saturated heterocycles. The van der Waals surface area contributed by atoms with Gasteiger partial charge in [-0.3, -0.25) is 4.79 Å². The Kier molecular flexibility index (Phi) is 6.72. The summed E-state index contributed by atoms with van der Waals surface area (Å²) in [5, 5.41) is 6.79. The zero-order chi connectivity index (χ0) is 20.8. The Labute approximate surface area is 169 Å². The van der Waals surface area contributed by atoms with Crippen molar-refractivity contribution in [2.45, 2.75) is 20.5 Å². The van der Waals surface area contributed by atoms with Gasteiger partial charge in [-0.05, 0) is 37.4 Å². The number of alkyl carbamates (subject to hydrolysis) is 1. The minimum atomic E-state index is -0.539. The standard InChI is InChI=1S/C22H27N3O4/c1-4-25(5-2)13-12-24-17-11-10-15(14-28-22(27)23-3)21-19(17)20(26)16-8-6-7-9-18(16)29-21/h6-11,24H,4-5,12-14H2,1-3H3,(H,23,27). The van der Waals surface area contributed by atoms with Crippen LogP contribution in [0.3, 0.4) is 0 Å². The van der Waals surface area contributed by atoms with Gasteiger partial charge in [0.25, 0.3) is 0 Å². The SMILES string of the molecule is CCN(CC)CCNc1ccc(COC(=O)NC)c2oc3ccccc3c(=O)c12. The van der Waals surface area contributed by atoms with E-state index in [0.29, 0.717) is 34.0 Å². The zero-order valence-corrected chi connectivity index (χ0v) is 17.1. The van der Waals surface area contributed by atoms with E-state index in [1.165, 1.54) is 7.05 Å². The Morgan fingerprint density at radius 3 is 2.62 bits per heavy atom. The molecule has 2 N–H and O–H groups in total. The maximum absolute atomic E-state index is 13.2. The zero-order valence-electron chi connectivity index (χ0n) is 17.1. The molecule has 0 aliphatic carbocycles. The van der Waals surface area contributed by atoms with Gasteiger partial charge in [-0.1, -0.05) is 26.0 Å². The van der Waals surface area contributed by atoms with E-state index in [0.717, 1.165) is 25.3 Å². The molecule has 0 unspecified atom stereocenters. The van der Waals surface area contributed by atoms with Gasteiger partial charge in [-0.2, -0.15) is 0 Å². The number of amides is 1. The molecular weight excluding hydrogens is 370 g/mol.